The van der Waals surface area contributed by atoms with E-state index in [2.05, 4.69) is 215 Å². The van der Waals surface area contributed by atoms with Gasteiger partial charge in [-0.3, -0.25) is 0 Å². The molecule has 2 nitrogen and oxygen atoms in total. The molecule has 0 radical (unpaired) electrons. The fourth-order valence-corrected chi connectivity index (χ4v) is 11.8. The van der Waals surface area contributed by atoms with E-state index in [9.17, 15) is 0 Å². The first kappa shape index (κ1) is 31.9. The zero-order valence-electron chi connectivity index (χ0n) is 31.4. The molecule has 0 spiro atoms. The molecular formula is C55H34N2S. The average Bonchev–Trinajstić information content (AvgIpc) is 4.03. The van der Waals surface area contributed by atoms with Crippen molar-refractivity contribution in [3.05, 3.63) is 229 Å². The monoisotopic (exact) mass is 754 g/mol. The fourth-order valence-electron chi connectivity index (χ4n) is 10.6. The number of benzene rings is 9. The minimum Gasteiger partial charge on any atom is -0.307 e. The van der Waals surface area contributed by atoms with Crippen LogP contribution in [-0.2, 0) is 5.41 Å². The van der Waals surface area contributed by atoms with Gasteiger partial charge in [-0.1, -0.05) is 164 Å². The second-order valence-corrected chi connectivity index (χ2v) is 16.6. The van der Waals surface area contributed by atoms with Crippen LogP contribution in [-0.4, -0.2) is 9.13 Å². The van der Waals surface area contributed by atoms with E-state index in [1.54, 1.807) is 0 Å². The lowest BCUT2D eigenvalue weighted by Crippen LogP contribution is -2.28. The number of fused-ring (bicyclic) bond motifs is 15. The quantitative estimate of drug-likeness (QED) is 0.169. The van der Waals surface area contributed by atoms with Crippen LogP contribution in [0.3, 0.4) is 0 Å². The van der Waals surface area contributed by atoms with Gasteiger partial charge in [0, 0.05) is 53.1 Å². The van der Waals surface area contributed by atoms with E-state index in [0.717, 1.165) is 11.4 Å². The van der Waals surface area contributed by atoms with E-state index in [-0.39, 0.29) is 0 Å². The topological polar surface area (TPSA) is 9.86 Å². The van der Waals surface area contributed by atoms with Gasteiger partial charge in [0.25, 0.3) is 0 Å². The van der Waals surface area contributed by atoms with Gasteiger partial charge >= 0.3 is 0 Å². The molecule has 1 aliphatic rings. The molecule has 0 bridgehead atoms. The third-order valence-corrected chi connectivity index (χ3v) is 13.9. The lowest BCUT2D eigenvalue weighted by Gasteiger charge is -2.34. The molecule has 0 amide bonds. The SMILES string of the molecule is c1ccc(-n2c3ccccc3c3c4c5ccccc5sc4c4c5ccccc5n(-c5ccc6c(c5)C(c5ccccc5)(c5ccccc5)c5ccccc5-6)c4c32)cc1. The average molecular weight is 755 g/mol. The Morgan fingerprint density at radius 2 is 0.879 bits per heavy atom. The third-order valence-electron chi connectivity index (χ3n) is 12.8. The van der Waals surface area contributed by atoms with E-state index in [1.165, 1.54) is 97.2 Å². The Labute approximate surface area is 339 Å². The van der Waals surface area contributed by atoms with Crippen LogP contribution in [0.4, 0.5) is 0 Å². The van der Waals surface area contributed by atoms with Crippen molar-refractivity contribution < 1.29 is 0 Å². The Balaban J connectivity index is 1.26. The number of thiophene rings is 1. The summed E-state index contributed by atoms with van der Waals surface area (Å²) in [6.07, 6.45) is 0. The standard InChI is InChI=1S/C55H34N2S/c1-4-18-35(19-5-1)55(36-20-6-2-7-21-36)44-28-14-10-24-39(44)40-33-32-38(34-45(40)55)57-47-30-16-12-26-42(47)51-53(57)52-49(50-43-27-13-17-31-48(43)58-54(50)51)41-25-11-15-29-46(41)56(52)37-22-8-3-9-23-37/h1-34H. The molecule has 9 aromatic carbocycles. The van der Waals surface area contributed by atoms with Crippen LogP contribution >= 0.6 is 11.3 Å². The van der Waals surface area contributed by atoms with Gasteiger partial charge in [0.2, 0.25) is 0 Å². The smallest absolute Gasteiger partial charge is 0.0803 e. The lowest BCUT2D eigenvalue weighted by molar-refractivity contribution is 0.767. The van der Waals surface area contributed by atoms with Gasteiger partial charge in [-0.25, -0.2) is 0 Å². The van der Waals surface area contributed by atoms with E-state index >= 15 is 0 Å². The summed E-state index contributed by atoms with van der Waals surface area (Å²) in [6.45, 7) is 0. The molecule has 0 aliphatic heterocycles. The normalized spacial score (nSPS) is 13.3. The van der Waals surface area contributed by atoms with Crippen molar-refractivity contribution in [3.63, 3.8) is 0 Å². The summed E-state index contributed by atoms with van der Waals surface area (Å²) < 4.78 is 7.76. The van der Waals surface area contributed by atoms with E-state index in [1.807, 2.05) is 11.3 Å². The first-order valence-corrected chi connectivity index (χ1v) is 20.8. The van der Waals surface area contributed by atoms with Crippen LogP contribution in [0, 0.1) is 0 Å². The van der Waals surface area contributed by atoms with Gasteiger partial charge < -0.3 is 9.13 Å². The molecule has 0 N–H and O–H groups in total. The van der Waals surface area contributed by atoms with Gasteiger partial charge in [-0.2, -0.15) is 0 Å². The van der Waals surface area contributed by atoms with Crippen molar-refractivity contribution >= 4 is 75.1 Å². The van der Waals surface area contributed by atoms with Crippen molar-refractivity contribution in [1.29, 1.82) is 0 Å². The van der Waals surface area contributed by atoms with Crippen molar-refractivity contribution in [1.82, 2.24) is 9.13 Å². The van der Waals surface area contributed by atoms with Crippen LogP contribution < -0.4 is 0 Å². The number of rotatable bonds is 4. The van der Waals surface area contributed by atoms with Crippen LogP contribution in [0.15, 0.2) is 206 Å². The van der Waals surface area contributed by atoms with Gasteiger partial charge in [-0.15, -0.1) is 11.3 Å². The Morgan fingerprint density at radius 1 is 0.362 bits per heavy atom. The van der Waals surface area contributed by atoms with E-state index < -0.39 is 5.41 Å². The number of hydrogen-bond acceptors (Lipinski definition) is 1. The first-order valence-electron chi connectivity index (χ1n) is 20.0. The van der Waals surface area contributed by atoms with Crippen LogP contribution in [0.25, 0.3) is 86.3 Å². The van der Waals surface area contributed by atoms with Crippen molar-refractivity contribution in [2.24, 2.45) is 0 Å². The summed E-state index contributed by atoms with van der Waals surface area (Å²) in [5.74, 6) is 0. The molecule has 0 saturated carbocycles. The molecule has 3 heteroatoms. The molecular weight excluding hydrogens is 721 g/mol. The molecule has 0 atom stereocenters. The Morgan fingerprint density at radius 3 is 1.59 bits per heavy atom. The Kier molecular flexibility index (Phi) is 6.56. The number of nitrogens with zero attached hydrogens (tertiary/aromatic N) is 2. The highest BCUT2D eigenvalue weighted by atomic mass is 32.1. The minimum absolute atomic E-state index is 0.504. The largest absolute Gasteiger partial charge is 0.307 e. The summed E-state index contributed by atoms with van der Waals surface area (Å²) in [4.78, 5) is 0. The predicted molar refractivity (Wildman–Crippen MR) is 245 cm³/mol. The van der Waals surface area contributed by atoms with Crippen molar-refractivity contribution in [3.8, 4) is 22.5 Å². The third kappa shape index (κ3) is 4.06. The lowest BCUT2D eigenvalue weighted by atomic mass is 9.67. The predicted octanol–water partition coefficient (Wildman–Crippen LogP) is 14.6. The Hall–Kier alpha value is -7.20. The van der Waals surface area contributed by atoms with Gasteiger partial charge in [0.05, 0.1) is 27.5 Å². The molecule has 3 aromatic heterocycles. The molecule has 13 rings (SSSR count). The van der Waals surface area contributed by atoms with Crippen LogP contribution in [0.2, 0.25) is 0 Å². The zero-order valence-corrected chi connectivity index (χ0v) is 32.2. The van der Waals surface area contributed by atoms with Crippen molar-refractivity contribution in [2.75, 3.05) is 0 Å². The maximum absolute atomic E-state index is 2.58. The van der Waals surface area contributed by atoms with E-state index in [4.69, 9.17) is 0 Å². The second-order valence-electron chi connectivity index (χ2n) is 15.5. The van der Waals surface area contributed by atoms with Gasteiger partial charge in [0.1, 0.15) is 0 Å². The molecule has 3 heterocycles. The highest BCUT2D eigenvalue weighted by Crippen LogP contribution is 2.57. The molecule has 0 fully saturated rings. The molecule has 1 aliphatic carbocycles. The van der Waals surface area contributed by atoms with Crippen LogP contribution in [0.5, 0.6) is 0 Å². The molecule has 270 valence electrons. The Bertz CT molecular complexity index is 3570. The minimum atomic E-state index is -0.504. The second kappa shape index (κ2) is 11.9. The van der Waals surface area contributed by atoms with Crippen LogP contribution in [0.1, 0.15) is 22.3 Å². The summed E-state index contributed by atoms with van der Waals surface area (Å²) >= 11 is 1.93. The first-order chi connectivity index (χ1) is 28.8. The fraction of sp³-hybridized carbons (Fsp3) is 0.0182. The summed E-state index contributed by atoms with van der Waals surface area (Å²) in [7, 11) is 0. The van der Waals surface area contributed by atoms with Gasteiger partial charge in [0.15, 0.2) is 0 Å². The summed E-state index contributed by atoms with van der Waals surface area (Å²) in [5.41, 5.74) is 14.4. The van der Waals surface area contributed by atoms with E-state index in [0.29, 0.717) is 0 Å². The number of para-hydroxylation sites is 3. The summed E-state index contributed by atoms with van der Waals surface area (Å²) in [5, 5.41) is 7.80. The maximum atomic E-state index is 2.58. The summed E-state index contributed by atoms with van der Waals surface area (Å²) in [6, 6.07) is 76.5. The molecule has 0 unspecified atom stereocenters. The highest BCUT2D eigenvalue weighted by molar-refractivity contribution is 7.27. The zero-order chi connectivity index (χ0) is 38.0. The van der Waals surface area contributed by atoms with Crippen molar-refractivity contribution in [2.45, 2.75) is 5.41 Å². The molecule has 58 heavy (non-hydrogen) atoms. The molecule has 12 aromatic rings. The number of hydrogen-bond donors (Lipinski definition) is 0. The molecule has 0 saturated heterocycles. The van der Waals surface area contributed by atoms with Gasteiger partial charge in [-0.05, 0) is 75.8 Å². The maximum Gasteiger partial charge on any atom is 0.0803 e. The highest BCUT2D eigenvalue weighted by Gasteiger charge is 2.46. The number of aromatic nitrogens is 2.